The predicted molar refractivity (Wildman–Crippen MR) is 168 cm³/mol. The Hall–Kier alpha value is -3.69. The molecule has 1 atom stereocenters. The van der Waals surface area contributed by atoms with Crippen molar-refractivity contribution in [2.45, 2.75) is 64.9 Å². The molecular formula is C32H35ClN6O2S. The number of aromatic nitrogens is 4. The minimum atomic E-state index is -0.274. The van der Waals surface area contributed by atoms with Crippen LogP contribution in [0.4, 0.5) is 5.95 Å². The highest BCUT2D eigenvalue weighted by atomic mass is 35.5. The van der Waals surface area contributed by atoms with Crippen molar-refractivity contribution in [1.82, 2.24) is 24.8 Å². The number of rotatable bonds is 5. The van der Waals surface area contributed by atoms with Gasteiger partial charge < -0.3 is 9.64 Å². The van der Waals surface area contributed by atoms with Gasteiger partial charge in [0.1, 0.15) is 11.8 Å². The number of nitrogens with one attached hydrogen (secondary N) is 1. The number of aryl methyl sites for hydroxylation is 2. The van der Waals surface area contributed by atoms with E-state index in [9.17, 15) is 4.79 Å². The number of ether oxygens (including phenoxy) is 1. The summed E-state index contributed by atoms with van der Waals surface area (Å²) in [5.74, 6) is 0.755. The van der Waals surface area contributed by atoms with Gasteiger partial charge in [0.2, 0.25) is 11.8 Å². The third kappa shape index (κ3) is 7.38. The number of fused-ring (bicyclic) bond motifs is 4. The summed E-state index contributed by atoms with van der Waals surface area (Å²) < 4.78 is 9.69. The Labute approximate surface area is 256 Å². The lowest BCUT2D eigenvalue weighted by molar-refractivity contribution is 0.0549. The first-order valence-corrected chi connectivity index (χ1v) is 15.1. The molecular weight excluding hydrogens is 568 g/mol. The van der Waals surface area contributed by atoms with E-state index in [2.05, 4.69) is 61.4 Å². The zero-order valence-corrected chi connectivity index (χ0v) is 26.1. The molecule has 0 spiro atoms. The SMILES string of the molecule is Cc1cccc(C)c1-c1cc2nc(n1)NSc1cccc(c1)C(=O)N(Cc1cncc(Cl)n1)[C@H](CCC(C)(C)C)CO2. The Morgan fingerprint density at radius 2 is 1.81 bits per heavy atom. The molecule has 4 bridgehead atoms. The molecule has 1 N–H and O–H groups in total. The first-order chi connectivity index (χ1) is 20.1. The van der Waals surface area contributed by atoms with E-state index in [1.165, 1.54) is 18.1 Å². The summed E-state index contributed by atoms with van der Waals surface area (Å²) in [6, 6.07) is 15.3. The number of nitrogens with zero attached hydrogens (tertiary/aromatic N) is 5. The normalized spacial score (nSPS) is 15.6. The van der Waals surface area contributed by atoms with Crippen molar-refractivity contribution in [2.75, 3.05) is 11.3 Å². The minimum Gasteiger partial charge on any atom is -0.475 e. The number of halogens is 1. The van der Waals surface area contributed by atoms with Crippen LogP contribution in [0.5, 0.6) is 5.88 Å². The predicted octanol–water partition coefficient (Wildman–Crippen LogP) is 7.55. The van der Waals surface area contributed by atoms with Gasteiger partial charge in [-0.15, -0.1) is 0 Å². The van der Waals surface area contributed by atoms with Crippen molar-refractivity contribution in [3.8, 4) is 17.1 Å². The average molecular weight is 603 g/mol. The molecule has 0 radical (unpaired) electrons. The van der Waals surface area contributed by atoms with E-state index >= 15 is 0 Å². The Morgan fingerprint density at radius 3 is 2.55 bits per heavy atom. The van der Waals surface area contributed by atoms with Crippen molar-refractivity contribution in [2.24, 2.45) is 5.41 Å². The van der Waals surface area contributed by atoms with Crippen LogP contribution in [0.25, 0.3) is 11.3 Å². The van der Waals surface area contributed by atoms with Crippen molar-refractivity contribution in [3.63, 3.8) is 0 Å². The molecule has 0 aliphatic carbocycles. The lowest BCUT2D eigenvalue weighted by atomic mass is 9.88. The number of hydrogen-bond donors (Lipinski definition) is 1. The summed E-state index contributed by atoms with van der Waals surface area (Å²) in [4.78, 5) is 35.0. The second kappa shape index (κ2) is 12.7. The number of anilines is 1. The van der Waals surface area contributed by atoms with Gasteiger partial charge in [0.15, 0.2) is 0 Å². The maximum absolute atomic E-state index is 14.2. The van der Waals surface area contributed by atoms with E-state index in [-0.39, 0.29) is 35.7 Å². The largest absolute Gasteiger partial charge is 0.475 e. The van der Waals surface area contributed by atoms with Crippen LogP contribution < -0.4 is 9.46 Å². The van der Waals surface area contributed by atoms with Crippen LogP contribution in [0, 0.1) is 19.3 Å². The molecule has 0 saturated heterocycles. The van der Waals surface area contributed by atoms with Crippen LogP contribution in [-0.4, -0.2) is 43.4 Å². The number of benzene rings is 2. The molecule has 2 aromatic carbocycles. The number of hydrogen-bond acceptors (Lipinski definition) is 8. The third-order valence-electron chi connectivity index (χ3n) is 7.12. The molecule has 1 aliphatic heterocycles. The number of carbonyl (C=O) groups is 1. The number of carbonyl (C=O) groups excluding carboxylic acids is 1. The summed E-state index contributed by atoms with van der Waals surface area (Å²) in [6.07, 6.45) is 4.73. The fourth-order valence-corrected chi connectivity index (χ4v) is 5.76. The van der Waals surface area contributed by atoms with Gasteiger partial charge >= 0.3 is 0 Å². The monoisotopic (exact) mass is 602 g/mol. The molecule has 42 heavy (non-hydrogen) atoms. The van der Waals surface area contributed by atoms with Crippen LogP contribution in [0.1, 0.15) is 60.8 Å². The van der Waals surface area contributed by atoms with Crippen molar-refractivity contribution < 1.29 is 9.53 Å². The van der Waals surface area contributed by atoms with Crippen molar-refractivity contribution >= 4 is 35.4 Å². The zero-order chi connectivity index (χ0) is 29.9. The standard InChI is InChI=1S/C32H35ClN6O2S/c1-20-8-6-9-21(2)29(20)26-15-28-37-31(36-26)38-42-25-11-7-10-22(14-25)30(40)39(18-23-16-34-17-27(33)35-23)24(19-41-28)12-13-32(3,4)5/h6-11,14-17,24H,12-13,18-19H2,1-5H3,(H,36,37,38)/t24-/m1/s1. The highest BCUT2D eigenvalue weighted by Gasteiger charge is 2.29. The second-order valence-corrected chi connectivity index (χ2v) is 13.0. The van der Waals surface area contributed by atoms with Gasteiger partial charge in [-0.2, -0.15) is 4.98 Å². The zero-order valence-electron chi connectivity index (χ0n) is 24.5. The van der Waals surface area contributed by atoms with Gasteiger partial charge in [-0.3, -0.25) is 14.5 Å². The Morgan fingerprint density at radius 1 is 1.05 bits per heavy atom. The Kier molecular flexibility index (Phi) is 8.99. The molecule has 5 rings (SSSR count). The molecule has 3 heterocycles. The summed E-state index contributed by atoms with van der Waals surface area (Å²) in [7, 11) is 0. The number of amides is 1. The van der Waals surface area contributed by atoms with Crippen molar-refractivity contribution in [3.05, 3.63) is 88.5 Å². The highest BCUT2D eigenvalue weighted by Crippen LogP contribution is 2.32. The van der Waals surface area contributed by atoms with Gasteiger partial charge in [-0.25, -0.2) is 9.97 Å². The van der Waals surface area contributed by atoms with Crippen LogP contribution in [0.15, 0.2) is 65.8 Å². The van der Waals surface area contributed by atoms with E-state index in [0.29, 0.717) is 23.1 Å². The summed E-state index contributed by atoms with van der Waals surface area (Å²) in [5, 5.41) is 0.283. The van der Waals surface area contributed by atoms with E-state index in [4.69, 9.17) is 26.3 Å². The molecule has 8 nitrogen and oxygen atoms in total. The molecule has 0 unspecified atom stereocenters. The summed E-state index contributed by atoms with van der Waals surface area (Å²) in [5.41, 5.74) is 5.29. The van der Waals surface area contributed by atoms with Gasteiger partial charge in [0.05, 0.1) is 36.4 Å². The van der Waals surface area contributed by atoms with Gasteiger partial charge in [-0.05, 0) is 73.4 Å². The Bertz CT molecular complexity index is 1570. The van der Waals surface area contributed by atoms with Crippen LogP contribution in [-0.2, 0) is 6.54 Å². The van der Waals surface area contributed by atoms with E-state index in [0.717, 1.165) is 40.1 Å². The fourth-order valence-electron chi connectivity index (χ4n) is 4.96. The van der Waals surface area contributed by atoms with E-state index < -0.39 is 0 Å². The van der Waals surface area contributed by atoms with Crippen LogP contribution in [0.2, 0.25) is 5.15 Å². The summed E-state index contributed by atoms with van der Waals surface area (Å²) >= 11 is 7.52. The molecule has 218 valence electrons. The molecule has 1 aliphatic rings. The van der Waals surface area contributed by atoms with Crippen LogP contribution in [0.3, 0.4) is 0 Å². The molecule has 4 aromatic rings. The highest BCUT2D eigenvalue weighted by molar-refractivity contribution is 8.00. The maximum atomic E-state index is 14.2. The molecule has 10 heteroatoms. The molecule has 2 aromatic heterocycles. The lowest BCUT2D eigenvalue weighted by Gasteiger charge is -2.33. The minimum absolute atomic E-state index is 0.0594. The Balaban J connectivity index is 1.60. The maximum Gasteiger partial charge on any atom is 0.254 e. The quantitative estimate of drug-likeness (QED) is 0.234. The van der Waals surface area contributed by atoms with E-state index in [1.54, 1.807) is 6.20 Å². The second-order valence-electron chi connectivity index (χ2n) is 11.7. The van der Waals surface area contributed by atoms with Gasteiger partial charge in [0.25, 0.3) is 5.91 Å². The topological polar surface area (TPSA) is 93.1 Å². The summed E-state index contributed by atoms with van der Waals surface area (Å²) in [6.45, 7) is 11.2. The molecule has 0 fully saturated rings. The smallest absolute Gasteiger partial charge is 0.254 e. The third-order valence-corrected chi connectivity index (χ3v) is 8.08. The van der Waals surface area contributed by atoms with Crippen molar-refractivity contribution in [1.29, 1.82) is 0 Å². The van der Waals surface area contributed by atoms with E-state index in [1.807, 2.05) is 41.3 Å². The fraction of sp³-hybridized carbons (Fsp3) is 0.344. The lowest BCUT2D eigenvalue weighted by Crippen LogP contribution is -2.44. The first-order valence-electron chi connectivity index (χ1n) is 13.9. The molecule has 0 saturated carbocycles. The van der Waals surface area contributed by atoms with Gasteiger partial charge in [-0.1, -0.05) is 56.6 Å². The van der Waals surface area contributed by atoms with Gasteiger partial charge in [0, 0.05) is 22.1 Å². The first kappa shape index (κ1) is 29.8. The average Bonchev–Trinajstić information content (AvgIpc) is 2.94. The van der Waals surface area contributed by atoms with Crippen LogP contribution >= 0.6 is 23.5 Å². The molecule has 1 amide bonds.